The minimum absolute atomic E-state index is 0.0813. The molecule has 0 amide bonds. The van der Waals surface area contributed by atoms with Crippen molar-refractivity contribution in [3.63, 3.8) is 0 Å². The molecule has 20 heavy (non-hydrogen) atoms. The van der Waals surface area contributed by atoms with Crippen LogP contribution in [0.4, 0.5) is 5.69 Å². The molecule has 0 spiro atoms. The van der Waals surface area contributed by atoms with Gasteiger partial charge in [0.1, 0.15) is 6.10 Å². The summed E-state index contributed by atoms with van der Waals surface area (Å²) in [5.74, 6) is 0.215. The second-order valence-electron chi connectivity index (χ2n) is 4.05. The van der Waals surface area contributed by atoms with Crippen LogP contribution in [0.25, 0.3) is 0 Å². The van der Waals surface area contributed by atoms with E-state index in [1.807, 2.05) is 30.3 Å². The lowest BCUT2D eigenvalue weighted by molar-refractivity contribution is -0.386. The average Bonchev–Trinajstić information content (AvgIpc) is 2.46. The monoisotopic (exact) mass is 333 g/mol. The Morgan fingerprint density at radius 1 is 1.25 bits per heavy atom. The third-order valence-corrected chi connectivity index (χ3v) is 3.21. The van der Waals surface area contributed by atoms with E-state index in [1.165, 1.54) is 6.07 Å². The molecule has 0 fully saturated rings. The Hall–Kier alpha value is -2.14. The Morgan fingerprint density at radius 2 is 1.95 bits per heavy atom. The molecule has 0 bridgehead atoms. The Kier molecular flexibility index (Phi) is 4.53. The molecule has 2 aromatic carbocycles. The van der Waals surface area contributed by atoms with Gasteiger partial charge in [-0.1, -0.05) is 52.8 Å². The van der Waals surface area contributed by atoms with E-state index < -0.39 is 11.0 Å². The molecule has 1 atom stereocenters. The molecule has 0 heterocycles. The summed E-state index contributed by atoms with van der Waals surface area (Å²) in [5.41, 5.74) is 0.807. The first-order valence-electron chi connectivity index (χ1n) is 5.90. The number of rotatable bonds is 5. The zero-order valence-corrected chi connectivity index (χ0v) is 12.1. The largest absolute Gasteiger partial charge is 0.474 e. The predicted molar refractivity (Wildman–Crippen MR) is 80.8 cm³/mol. The van der Waals surface area contributed by atoms with Gasteiger partial charge in [0.15, 0.2) is 5.75 Å². The molecule has 0 aliphatic heterocycles. The topological polar surface area (TPSA) is 52.4 Å². The lowest BCUT2D eigenvalue weighted by atomic mass is 10.1. The van der Waals surface area contributed by atoms with Crippen LogP contribution in [-0.4, -0.2) is 4.92 Å². The second-order valence-corrected chi connectivity index (χ2v) is 4.97. The first-order valence-corrected chi connectivity index (χ1v) is 6.69. The maximum atomic E-state index is 11.1. The van der Waals surface area contributed by atoms with E-state index in [0.29, 0.717) is 4.47 Å². The summed E-state index contributed by atoms with van der Waals surface area (Å²) in [6.45, 7) is 3.72. The predicted octanol–water partition coefficient (Wildman–Crippen LogP) is 4.66. The van der Waals surface area contributed by atoms with Crippen molar-refractivity contribution in [1.82, 2.24) is 0 Å². The van der Waals surface area contributed by atoms with Crippen molar-refractivity contribution in [2.75, 3.05) is 0 Å². The molecule has 102 valence electrons. The summed E-state index contributed by atoms with van der Waals surface area (Å²) >= 11 is 3.21. The minimum atomic E-state index is -0.467. The van der Waals surface area contributed by atoms with Gasteiger partial charge < -0.3 is 4.74 Å². The number of hydrogen-bond acceptors (Lipinski definition) is 3. The Morgan fingerprint density at radius 3 is 2.55 bits per heavy atom. The molecule has 4 nitrogen and oxygen atoms in total. The number of nitro groups is 1. The van der Waals surface area contributed by atoms with Gasteiger partial charge in [0.25, 0.3) is 0 Å². The van der Waals surface area contributed by atoms with Crippen LogP contribution in [-0.2, 0) is 0 Å². The fourth-order valence-electron chi connectivity index (χ4n) is 1.76. The summed E-state index contributed by atoms with van der Waals surface area (Å²) in [6.07, 6.45) is 1.18. The van der Waals surface area contributed by atoms with Crippen molar-refractivity contribution >= 4 is 21.6 Å². The molecule has 0 saturated carbocycles. The van der Waals surface area contributed by atoms with Gasteiger partial charge in [-0.2, -0.15) is 0 Å². The highest BCUT2D eigenvalue weighted by Crippen LogP contribution is 2.33. The van der Waals surface area contributed by atoms with E-state index in [4.69, 9.17) is 4.74 Å². The molecule has 0 radical (unpaired) electrons. The third-order valence-electron chi connectivity index (χ3n) is 2.71. The van der Waals surface area contributed by atoms with Crippen molar-refractivity contribution in [2.45, 2.75) is 6.10 Å². The van der Waals surface area contributed by atoms with Crippen LogP contribution in [0.5, 0.6) is 5.75 Å². The van der Waals surface area contributed by atoms with Gasteiger partial charge in [-0.25, -0.2) is 0 Å². The van der Waals surface area contributed by atoms with E-state index in [0.717, 1.165) is 5.56 Å². The highest BCUT2D eigenvalue weighted by molar-refractivity contribution is 9.10. The highest BCUT2D eigenvalue weighted by atomic mass is 79.9. The van der Waals surface area contributed by atoms with Crippen LogP contribution in [0.15, 0.2) is 65.7 Å². The van der Waals surface area contributed by atoms with Crippen LogP contribution in [0.3, 0.4) is 0 Å². The van der Waals surface area contributed by atoms with Gasteiger partial charge in [-0.3, -0.25) is 10.1 Å². The van der Waals surface area contributed by atoms with E-state index in [-0.39, 0.29) is 11.4 Å². The third kappa shape index (κ3) is 3.24. The average molecular weight is 334 g/mol. The maximum Gasteiger partial charge on any atom is 0.312 e. The highest BCUT2D eigenvalue weighted by Gasteiger charge is 2.19. The van der Waals surface area contributed by atoms with E-state index in [1.54, 1.807) is 18.2 Å². The van der Waals surface area contributed by atoms with Crippen LogP contribution in [0, 0.1) is 10.1 Å². The SMILES string of the molecule is C=CC(Oc1ccc(Br)cc1[N+](=O)[O-])c1ccccc1. The zero-order valence-electron chi connectivity index (χ0n) is 10.5. The maximum absolute atomic E-state index is 11.1. The van der Waals surface area contributed by atoms with Gasteiger partial charge in [0.2, 0.25) is 0 Å². The molecule has 2 aromatic rings. The van der Waals surface area contributed by atoms with Crippen LogP contribution in [0.1, 0.15) is 11.7 Å². The summed E-state index contributed by atoms with van der Waals surface area (Å²) in [7, 11) is 0. The molecule has 0 N–H and O–H groups in total. The standard InChI is InChI=1S/C15H12BrNO3/c1-2-14(11-6-4-3-5-7-11)20-15-9-8-12(16)10-13(15)17(18)19/h2-10,14H,1H2. The van der Waals surface area contributed by atoms with Gasteiger partial charge in [0.05, 0.1) is 4.92 Å². The van der Waals surface area contributed by atoms with Crippen molar-refractivity contribution < 1.29 is 9.66 Å². The zero-order chi connectivity index (χ0) is 14.5. The molecule has 0 saturated heterocycles. The molecule has 0 aromatic heterocycles. The number of nitrogens with zero attached hydrogens (tertiary/aromatic N) is 1. The molecule has 2 rings (SSSR count). The number of benzene rings is 2. The van der Waals surface area contributed by atoms with Crippen molar-refractivity contribution in [2.24, 2.45) is 0 Å². The smallest absolute Gasteiger partial charge is 0.312 e. The quantitative estimate of drug-likeness (QED) is 0.454. The van der Waals surface area contributed by atoms with Crippen LogP contribution in [0.2, 0.25) is 0 Å². The van der Waals surface area contributed by atoms with Crippen LogP contribution < -0.4 is 4.74 Å². The summed E-state index contributed by atoms with van der Waals surface area (Å²) in [6, 6.07) is 14.1. The van der Waals surface area contributed by atoms with E-state index >= 15 is 0 Å². The Balaban J connectivity index is 2.33. The van der Waals surface area contributed by atoms with Crippen LogP contribution >= 0.6 is 15.9 Å². The number of hydrogen-bond donors (Lipinski definition) is 0. The van der Waals surface area contributed by atoms with Gasteiger partial charge in [-0.15, -0.1) is 0 Å². The molecule has 5 heteroatoms. The first kappa shape index (κ1) is 14.3. The lowest BCUT2D eigenvalue weighted by Gasteiger charge is -2.15. The van der Waals surface area contributed by atoms with Crippen molar-refractivity contribution in [1.29, 1.82) is 0 Å². The summed E-state index contributed by atoms with van der Waals surface area (Å²) in [4.78, 5) is 10.6. The number of halogens is 1. The molecular weight excluding hydrogens is 322 g/mol. The molecular formula is C15H12BrNO3. The fourth-order valence-corrected chi connectivity index (χ4v) is 2.11. The normalized spacial score (nSPS) is 11.7. The molecule has 1 unspecified atom stereocenters. The Bertz CT molecular complexity index is 628. The molecule has 0 aliphatic carbocycles. The van der Waals surface area contributed by atoms with E-state index in [2.05, 4.69) is 22.5 Å². The second kappa shape index (κ2) is 6.34. The van der Waals surface area contributed by atoms with Gasteiger partial charge in [0, 0.05) is 10.5 Å². The fraction of sp³-hybridized carbons (Fsp3) is 0.0667. The first-order chi connectivity index (χ1) is 9.61. The summed E-state index contributed by atoms with van der Waals surface area (Å²) in [5, 5.41) is 11.1. The Labute approximate surface area is 125 Å². The molecule has 0 aliphatic rings. The lowest BCUT2D eigenvalue weighted by Crippen LogP contribution is -2.06. The minimum Gasteiger partial charge on any atom is -0.474 e. The van der Waals surface area contributed by atoms with Gasteiger partial charge >= 0.3 is 5.69 Å². The van der Waals surface area contributed by atoms with Crippen molar-refractivity contribution in [3.05, 3.63) is 81.3 Å². The van der Waals surface area contributed by atoms with Gasteiger partial charge in [-0.05, 0) is 23.8 Å². The summed E-state index contributed by atoms with van der Waals surface area (Å²) < 4.78 is 6.35. The van der Waals surface area contributed by atoms with E-state index in [9.17, 15) is 10.1 Å². The number of ether oxygens (including phenoxy) is 1. The van der Waals surface area contributed by atoms with Crippen molar-refractivity contribution in [3.8, 4) is 5.75 Å². The number of nitro benzene ring substituents is 1.